The summed E-state index contributed by atoms with van der Waals surface area (Å²) in [6, 6.07) is 27.7. The molecule has 2 atom stereocenters. The lowest BCUT2D eigenvalue weighted by molar-refractivity contribution is 0.373. The fourth-order valence-electron chi connectivity index (χ4n) is 6.16. The van der Waals surface area contributed by atoms with Gasteiger partial charge in [-0.15, -0.1) is 6.58 Å². The first-order valence-corrected chi connectivity index (χ1v) is 14.9. The van der Waals surface area contributed by atoms with Crippen molar-refractivity contribution in [2.45, 2.75) is 66.3 Å². The molecule has 1 aromatic heterocycles. The Morgan fingerprint density at radius 3 is 2.00 bits per heavy atom. The lowest BCUT2D eigenvalue weighted by Crippen LogP contribution is -2.12. The molecule has 2 unspecified atom stereocenters. The molecule has 0 fully saturated rings. The first-order valence-electron chi connectivity index (χ1n) is 14.9. The van der Waals surface area contributed by atoms with Gasteiger partial charge in [-0.2, -0.15) is 0 Å². The van der Waals surface area contributed by atoms with Crippen molar-refractivity contribution in [1.29, 1.82) is 0 Å². The van der Waals surface area contributed by atoms with Gasteiger partial charge in [-0.1, -0.05) is 88.4 Å². The van der Waals surface area contributed by atoms with E-state index in [2.05, 4.69) is 94.1 Å². The quantitative estimate of drug-likeness (QED) is 0.164. The fraction of sp³-hybridized carbons (Fsp3) is 0.316. The van der Waals surface area contributed by atoms with E-state index in [4.69, 9.17) is 0 Å². The number of rotatable bonds is 13. The van der Waals surface area contributed by atoms with Crippen molar-refractivity contribution in [3.8, 4) is 22.4 Å². The number of hydrogen-bond donors (Lipinski definition) is 1. The predicted molar refractivity (Wildman–Crippen MR) is 175 cm³/mol. The molecule has 0 saturated carbocycles. The normalized spacial score (nSPS) is 12.8. The maximum absolute atomic E-state index is 14.1. The number of anilines is 1. The third-order valence-corrected chi connectivity index (χ3v) is 7.75. The van der Waals surface area contributed by atoms with Gasteiger partial charge < -0.3 is 9.88 Å². The number of hydrogen-bond acceptors (Lipinski definition) is 1. The number of aromatic nitrogens is 1. The Morgan fingerprint density at radius 1 is 0.805 bits per heavy atom. The van der Waals surface area contributed by atoms with E-state index >= 15 is 0 Å². The van der Waals surface area contributed by atoms with Crippen molar-refractivity contribution >= 4 is 11.4 Å². The minimum absolute atomic E-state index is 0.229. The molecule has 1 heterocycles. The van der Waals surface area contributed by atoms with Gasteiger partial charge in [0.1, 0.15) is 5.82 Å². The molecule has 2 nitrogen and oxygen atoms in total. The summed E-state index contributed by atoms with van der Waals surface area (Å²) < 4.78 is 16.6. The van der Waals surface area contributed by atoms with Crippen LogP contribution in [0.3, 0.4) is 0 Å². The number of allylic oxidation sites excluding steroid dienone is 1. The molecular formula is C38H45FN2. The smallest absolute Gasteiger partial charge is 0.123 e. The highest BCUT2D eigenvalue weighted by atomic mass is 19.1. The second kappa shape index (κ2) is 13.7. The summed E-state index contributed by atoms with van der Waals surface area (Å²) >= 11 is 0. The molecule has 1 N–H and O–H groups in total. The van der Waals surface area contributed by atoms with Crippen LogP contribution < -0.4 is 5.32 Å². The highest BCUT2D eigenvalue weighted by Gasteiger charge is 2.28. The third kappa shape index (κ3) is 7.47. The van der Waals surface area contributed by atoms with Crippen molar-refractivity contribution in [3.05, 3.63) is 121 Å². The second-order valence-electron chi connectivity index (χ2n) is 12.0. The molecule has 214 valence electrons. The van der Waals surface area contributed by atoms with E-state index in [0.717, 1.165) is 65.1 Å². The van der Waals surface area contributed by atoms with Crippen LogP contribution in [0.25, 0.3) is 28.1 Å². The summed E-state index contributed by atoms with van der Waals surface area (Å²) in [7, 11) is 0. The van der Waals surface area contributed by atoms with E-state index in [-0.39, 0.29) is 11.7 Å². The maximum Gasteiger partial charge on any atom is 0.123 e. The third-order valence-electron chi connectivity index (χ3n) is 7.75. The van der Waals surface area contributed by atoms with Gasteiger partial charge in [0.25, 0.3) is 0 Å². The number of nitrogens with zero attached hydrogens (tertiary/aromatic N) is 1. The van der Waals surface area contributed by atoms with Gasteiger partial charge in [0.15, 0.2) is 0 Å². The molecule has 41 heavy (non-hydrogen) atoms. The van der Waals surface area contributed by atoms with E-state index in [1.54, 1.807) is 12.1 Å². The van der Waals surface area contributed by atoms with E-state index in [1.165, 1.54) is 11.3 Å². The first kappa shape index (κ1) is 30.1. The average Bonchev–Trinajstić information content (AvgIpc) is 3.28. The average molecular weight is 549 g/mol. The Hall–Kier alpha value is -3.85. The van der Waals surface area contributed by atoms with Crippen molar-refractivity contribution in [3.63, 3.8) is 0 Å². The SMILES string of the molecule is C=C(C)CC(C)CC(C)CCn1c(-c2ccc(F)cc2)c(-c2ccccc2)c(C(=C)Nc2ccccc2)c1C(C)C. The number of nitrogens with one attached hydrogen (secondary N) is 1. The summed E-state index contributed by atoms with van der Waals surface area (Å²) in [5, 5.41) is 3.60. The predicted octanol–water partition coefficient (Wildman–Crippen LogP) is 11.2. The molecule has 0 saturated heterocycles. The topological polar surface area (TPSA) is 17.0 Å². The lowest BCUT2D eigenvalue weighted by Gasteiger charge is -2.22. The number of halogens is 1. The van der Waals surface area contributed by atoms with Gasteiger partial charge in [-0.3, -0.25) is 0 Å². The van der Waals surface area contributed by atoms with Crippen LogP contribution in [0, 0.1) is 17.7 Å². The van der Waals surface area contributed by atoms with Crippen LogP contribution in [0.15, 0.2) is 104 Å². The summed E-state index contributed by atoms with van der Waals surface area (Å²) in [6.07, 6.45) is 3.28. The molecule has 0 amide bonds. The number of para-hydroxylation sites is 1. The fourth-order valence-corrected chi connectivity index (χ4v) is 6.16. The van der Waals surface area contributed by atoms with Gasteiger partial charge in [0, 0.05) is 34.8 Å². The van der Waals surface area contributed by atoms with Gasteiger partial charge in [-0.25, -0.2) is 4.39 Å². The van der Waals surface area contributed by atoms with Crippen molar-refractivity contribution in [1.82, 2.24) is 4.57 Å². The lowest BCUT2D eigenvalue weighted by atomic mass is 9.90. The van der Waals surface area contributed by atoms with Gasteiger partial charge in [-0.05, 0) is 91.5 Å². The molecule has 0 spiro atoms. The van der Waals surface area contributed by atoms with Crippen LogP contribution in [0.4, 0.5) is 10.1 Å². The van der Waals surface area contributed by atoms with Crippen LogP contribution in [0.1, 0.15) is 71.1 Å². The summed E-state index contributed by atoms with van der Waals surface area (Å²) in [6.45, 7) is 20.9. The minimum atomic E-state index is -0.229. The Morgan fingerprint density at radius 2 is 1.41 bits per heavy atom. The summed E-state index contributed by atoms with van der Waals surface area (Å²) in [5.74, 6) is 1.18. The Labute approximate surface area is 246 Å². The zero-order valence-corrected chi connectivity index (χ0v) is 25.4. The van der Waals surface area contributed by atoms with E-state index < -0.39 is 0 Å². The van der Waals surface area contributed by atoms with E-state index in [1.807, 2.05) is 36.4 Å². The van der Waals surface area contributed by atoms with Crippen molar-refractivity contribution < 1.29 is 4.39 Å². The standard InChI is InChI=1S/C38H45FN2/c1-26(2)24-29(6)25-28(5)22-23-41-37(27(3)4)35(30(7)40-34-16-12-9-13-17-34)36(31-14-10-8-11-15-31)38(41)32-18-20-33(39)21-19-32/h8-21,27-29,40H,1,7,22-25H2,2-6H3. The highest BCUT2D eigenvalue weighted by Crippen LogP contribution is 2.45. The molecule has 4 rings (SSSR count). The van der Waals surface area contributed by atoms with Gasteiger partial charge >= 0.3 is 0 Å². The molecule has 0 aliphatic rings. The van der Waals surface area contributed by atoms with Crippen molar-refractivity contribution in [2.75, 3.05) is 5.32 Å². The van der Waals surface area contributed by atoms with Crippen molar-refractivity contribution in [2.24, 2.45) is 11.8 Å². The van der Waals surface area contributed by atoms with Gasteiger partial charge in [0.05, 0.1) is 5.69 Å². The van der Waals surface area contributed by atoms with Crippen LogP contribution in [0.2, 0.25) is 0 Å². The second-order valence-corrected chi connectivity index (χ2v) is 12.0. The summed E-state index contributed by atoms with van der Waals surface area (Å²) in [5.41, 5.74) is 9.88. The Bertz CT molecular complexity index is 1450. The summed E-state index contributed by atoms with van der Waals surface area (Å²) in [4.78, 5) is 0. The molecule has 3 heteroatoms. The zero-order chi connectivity index (χ0) is 29.5. The van der Waals surface area contributed by atoms with Gasteiger partial charge in [0.2, 0.25) is 0 Å². The monoisotopic (exact) mass is 548 g/mol. The Kier molecular flexibility index (Phi) is 10.0. The van der Waals surface area contributed by atoms with Crippen LogP contribution in [0.5, 0.6) is 0 Å². The highest BCUT2D eigenvalue weighted by molar-refractivity contribution is 5.95. The van der Waals surface area contributed by atoms with Crippen LogP contribution in [-0.4, -0.2) is 4.57 Å². The molecule has 3 aromatic carbocycles. The largest absolute Gasteiger partial charge is 0.355 e. The van der Waals surface area contributed by atoms with E-state index in [0.29, 0.717) is 11.8 Å². The molecule has 0 bridgehead atoms. The van der Waals surface area contributed by atoms with E-state index in [9.17, 15) is 4.39 Å². The zero-order valence-electron chi connectivity index (χ0n) is 25.4. The maximum atomic E-state index is 14.1. The Balaban J connectivity index is 1.89. The number of benzene rings is 3. The molecule has 0 aliphatic carbocycles. The molecule has 0 aliphatic heterocycles. The van der Waals surface area contributed by atoms with Crippen LogP contribution >= 0.6 is 0 Å². The molecular weight excluding hydrogens is 503 g/mol. The molecule has 4 aromatic rings. The van der Waals surface area contributed by atoms with Crippen LogP contribution in [-0.2, 0) is 6.54 Å². The molecule has 0 radical (unpaired) electrons. The first-order chi connectivity index (χ1) is 19.7. The minimum Gasteiger partial charge on any atom is -0.355 e.